The van der Waals surface area contributed by atoms with Crippen molar-refractivity contribution < 1.29 is 4.74 Å². The van der Waals surface area contributed by atoms with E-state index in [1.165, 1.54) is 22.3 Å². The molecule has 0 amide bonds. The number of hydrogen-bond acceptors (Lipinski definition) is 4. The van der Waals surface area contributed by atoms with Crippen LogP contribution in [0.4, 0.5) is 0 Å². The smallest absolute Gasteiger partial charge is 0.120 e. The number of pyridine rings is 1. The van der Waals surface area contributed by atoms with E-state index < -0.39 is 0 Å². The summed E-state index contributed by atoms with van der Waals surface area (Å²) in [6.45, 7) is 13.5. The lowest BCUT2D eigenvalue weighted by Gasteiger charge is -2.37. The van der Waals surface area contributed by atoms with Crippen LogP contribution in [-0.2, 0) is 23.2 Å². The van der Waals surface area contributed by atoms with Gasteiger partial charge in [0, 0.05) is 22.5 Å². The third-order valence-electron chi connectivity index (χ3n) is 8.18. The van der Waals surface area contributed by atoms with E-state index >= 15 is 0 Å². The summed E-state index contributed by atoms with van der Waals surface area (Å²) in [6, 6.07) is 8.69. The molecule has 2 aromatic rings. The van der Waals surface area contributed by atoms with Crippen LogP contribution in [-0.4, -0.2) is 4.98 Å². The standard InChI is InChI=1S/C30H40N2O2/c1-18(2)15-20-9-11-21(12-10-20)28-25-26(30(34-28)13-7-8-14-30)24-22(31-27(25)19(3)4)16-29(5,6)17-23(24)32-33/h9-12,18-19,23,28H,7-8,13-17H2,1-6H3. The average molecular weight is 461 g/mol. The Kier molecular flexibility index (Phi) is 5.95. The van der Waals surface area contributed by atoms with Crippen LogP contribution < -0.4 is 0 Å². The Bertz CT molecular complexity index is 1080. The SMILES string of the molecule is CC(C)Cc1ccc(C2OC3(CCCC3)c3c4c(nc(C(C)C)c32)CC(C)(C)CC4N=O)cc1. The second kappa shape index (κ2) is 8.55. The zero-order valence-electron chi connectivity index (χ0n) is 21.8. The van der Waals surface area contributed by atoms with Gasteiger partial charge in [-0.3, -0.25) is 4.98 Å². The number of rotatable bonds is 5. The number of nitroso groups, excluding NO2 is 1. The van der Waals surface area contributed by atoms with Gasteiger partial charge < -0.3 is 4.74 Å². The molecule has 2 unspecified atom stereocenters. The van der Waals surface area contributed by atoms with Crippen molar-refractivity contribution in [2.75, 3.05) is 0 Å². The topological polar surface area (TPSA) is 51.6 Å². The van der Waals surface area contributed by atoms with Crippen LogP contribution in [0.3, 0.4) is 0 Å². The van der Waals surface area contributed by atoms with Gasteiger partial charge in [-0.25, -0.2) is 0 Å². The highest BCUT2D eigenvalue weighted by Crippen LogP contribution is 2.59. The number of ether oxygens (including phenoxy) is 1. The molecule has 0 bridgehead atoms. The Morgan fingerprint density at radius 3 is 2.32 bits per heavy atom. The Morgan fingerprint density at radius 1 is 1.06 bits per heavy atom. The lowest BCUT2D eigenvalue weighted by molar-refractivity contribution is -0.0571. The summed E-state index contributed by atoms with van der Waals surface area (Å²) in [5.41, 5.74) is 8.15. The molecule has 4 heteroatoms. The van der Waals surface area contributed by atoms with Crippen molar-refractivity contribution >= 4 is 0 Å². The Balaban J connectivity index is 1.72. The molecule has 1 fully saturated rings. The van der Waals surface area contributed by atoms with Crippen molar-refractivity contribution in [1.29, 1.82) is 0 Å². The third-order valence-corrected chi connectivity index (χ3v) is 8.18. The molecular weight excluding hydrogens is 420 g/mol. The molecule has 0 saturated heterocycles. The summed E-state index contributed by atoms with van der Waals surface area (Å²) < 4.78 is 7.11. The first-order chi connectivity index (χ1) is 16.1. The predicted octanol–water partition coefficient (Wildman–Crippen LogP) is 8.07. The fraction of sp³-hybridized carbons (Fsp3) is 0.633. The average Bonchev–Trinajstić information content (AvgIpc) is 3.37. The molecule has 2 aliphatic carbocycles. The number of fused-ring (bicyclic) bond motifs is 4. The highest BCUT2D eigenvalue weighted by atomic mass is 16.5. The Hall–Kier alpha value is -2.07. The summed E-state index contributed by atoms with van der Waals surface area (Å²) in [5.74, 6) is 0.922. The minimum absolute atomic E-state index is 0.0228. The summed E-state index contributed by atoms with van der Waals surface area (Å²) in [7, 11) is 0. The van der Waals surface area contributed by atoms with Gasteiger partial charge in [0.25, 0.3) is 0 Å². The Morgan fingerprint density at radius 2 is 1.74 bits per heavy atom. The molecule has 1 spiro atoms. The van der Waals surface area contributed by atoms with Gasteiger partial charge in [-0.1, -0.05) is 83.8 Å². The molecule has 0 N–H and O–H groups in total. The van der Waals surface area contributed by atoms with Crippen LogP contribution in [0, 0.1) is 16.2 Å². The largest absolute Gasteiger partial charge is 0.358 e. The van der Waals surface area contributed by atoms with Crippen molar-refractivity contribution in [2.24, 2.45) is 16.5 Å². The highest BCUT2D eigenvalue weighted by molar-refractivity contribution is 5.55. The van der Waals surface area contributed by atoms with E-state index in [4.69, 9.17) is 9.72 Å². The van der Waals surface area contributed by atoms with Crippen LogP contribution in [0.2, 0.25) is 0 Å². The summed E-state index contributed by atoms with van der Waals surface area (Å²) in [4.78, 5) is 17.5. The third kappa shape index (κ3) is 3.92. The Labute approximate surface area is 204 Å². The molecule has 34 heavy (non-hydrogen) atoms. The van der Waals surface area contributed by atoms with E-state index in [1.54, 1.807) is 0 Å². The maximum absolute atomic E-state index is 12.2. The molecule has 1 aliphatic heterocycles. The van der Waals surface area contributed by atoms with E-state index in [0.717, 1.165) is 61.9 Å². The first-order valence-electron chi connectivity index (χ1n) is 13.3. The molecule has 182 valence electrons. The number of aromatic nitrogens is 1. The van der Waals surface area contributed by atoms with E-state index in [-0.39, 0.29) is 29.1 Å². The lowest BCUT2D eigenvalue weighted by Crippen LogP contribution is -2.31. The lowest BCUT2D eigenvalue weighted by atomic mass is 9.70. The predicted molar refractivity (Wildman–Crippen MR) is 137 cm³/mol. The van der Waals surface area contributed by atoms with Crippen molar-refractivity contribution in [2.45, 2.75) is 110 Å². The van der Waals surface area contributed by atoms with Crippen molar-refractivity contribution in [1.82, 2.24) is 4.98 Å². The van der Waals surface area contributed by atoms with Gasteiger partial charge in [0.15, 0.2) is 0 Å². The molecule has 1 aromatic carbocycles. The van der Waals surface area contributed by atoms with Gasteiger partial charge in [0.2, 0.25) is 0 Å². The molecule has 3 aliphatic rings. The summed E-state index contributed by atoms with van der Waals surface area (Å²) in [6.07, 6.45) is 7.00. The number of nitrogens with zero attached hydrogens (tertiary/aromatic N) is 2. The molecule has 5 rings (SSSR count). The van der Waals surface area contributed by atoms with Crippen LogP contribution >= 0.6 is 0 Å². The fourth-order valence-electron chi connectivity index (χ4n) is 6.81. The van der Waals surface area contributed by atoms with Crippen molar-refractivity contribution in [3.63, 3.8) is 0 Å². The van der Waals surface area contributed by atoms with Gasteiger partial charge in [0.1, 0.15) is 12.1 Å². The van der Waals surface area contributed by atoms with Gasteiger partial charge in [-0.2, -0.15) is 4.91 Å². The van der Waals surface area contributed by atoms with E-state index in [1.807, 2.05) is 0 Å². The fourth-order valence-corrected chi connectivity index (χ4v) is 6.81. The first kappa shape index (κ1) is 23.7. The zero-order chi connectivity index (χ0) is 24.3. The van der Waals surface area contributed by atoms with Crippen molar-refractivity contribution in [3.8, 4) is 0 Å². The minimum Gasteiger partial charge on any atom is -0.358 e. The molecular formula is C30H40N2O2. The van der Waals surface area contributed by atoms with Crippen LogP contribution in [0.1, 0.15) is 131 Å². The molecule has 1 saturated carbocycles. The maximum Gasteiger partial charge on any atom is 0.120 e. The summed E-state index contributed by atoms with van der Waals surface area (Å²) in [5, 5.41) is 3.68. The van der Waals surface area contributed by atoms with Crippen LogP contribution in [0.15, 0.2) is 29.4 Å². The van der Waals surface area contributed by atoms with Crippen LogP contribution in [0.5, 0.6) is 0 Å². The van der Waals surface area contributed by atoms with E-state index in [9.17, 15) is 4.91 Å². The molecule has 4 nitrogen and oxygen atoms in total. The molecule has 2 heterocycles. The minimum atomic E-state index is -0.338. The number of benzene rings is 1. The first-order valence-corrected chi connectivity index (χ1v) is 13.3. The molecule has 0 radical (unpaired) electrons. The van der Waals surface area contributed by atoms with Gasteiger partial charge >= 0.3 is 0 Å². The highest BCUT2D eigenvalue weighted by Gasteiger charge is 2.53. The van der Waals surface area contributed by atoms with Gasteiger partial charge in [-0.05, 0) is 66.0 Å². The normalized spacial score (nSPS) is 24.6. The van der Waals surface area contributed by atoms with E-state index in [0.29, 0.717) is 5.92 Å². The second-order valence-corrected chi connectivity index (χ2v) is 12.5. The van der Waals surface area contributed by atoms with Gasteiger partial charge in [0.05, 0.1) is 5.60 Å². The summed E-state index contributed by atoms with van der Waals surface area (Å²) >= 11 is 0. The van der Waals surface area contributed by atoms with E-state index in [2.05, 4.69) is 71.0 Å². The maximum atomic E-state index is 12.2. The second-order valence-electron chi connectivity index (χ2n) is 12.5. The molecule has 2 atom stereocenters. The van der Waals surface area contributed by atoms with Crippen molar-refractivity contribution in [3.05, 3.63) is 68.4 Å². The zero-order valence-corrected chi connectivity index (χ0v) is 21.8. The van der Waals surface area contributed by atoms with Gasteiger partial charge in [-0.15, -0.1) is 0 Å². The van der Waals surface area contributed by atoms with Crippen LogP contribution in [0.25, 0.3) is 0 Å². The quantitative estimate of drug-likeness (QED) is 0.424. The number of hydrogen-bond donors (Lipinski definition) is 0. The molecule has 1 aromatic heterocycles. The monoisotopic (exact) mass is 460 g/mol.